The van der Waals surface area contributed by atoms with Crippen LogP contribution in [0.2, 0.25) is 0 Å². The summed E-state index contributed by atoms with van der Waals surface area (Å²) in [6, 6.07) is 19.6. The molecule has 2 aliphatic rings. The molecule has 7 rings (SSSR count). The van der Waals surface area contributed by atoms with Gasteiger partial charge in [0, 0.05) is 61.7 Å². The summed E-state index contributed by atoms with van der Waals surface area (Å²) < 4.78 is 6.99. The molecule has 1 saturated carbocycles. The van der Waals surface area contributed by atoms with E-state index < -0.39 is 23.8 Å². The fourth-order valence-electron chi connectivity index (χ4n) is 8.14. The monoisotopic (exact) mass is 845 g/mol. The fourth-order valence-corrected chi connectivity index (χ4v) is 8.14. The van der Waals surface area contributed by atoms with E-state index in [9.17, 15) is 29.1 Å². The SMILES string of the molecule is Cc1cc(C(=O)NC2CCN(C(=O)O)CC2)ccc1-c1ccc(C[C@H](NC(=O)[C@H]2CC[C@H](CNC(=O)OC(C)(C)C)CC2)C(=O)Nc2ccc3[nH]c(-n4cccn4)nc3c2)cc1. The summed E-state index contributed by atoms with van der Waals surface area (Å²) in [6.45, 7) is 8.67. The van der Waals surface area contributed by atoms with Gasteiger partial charge in [-0.2, -0.15) is 5.10 Å². The Balaban J connectivity index is 1.01. The first-order valence-electron chi connectivity index (χ1n) is 21.2. The van der Waals surface area contributed by atoms with Crippen molar-refractivity contribution >= 4 is 46.6 Å². The Hall–Kier alpha value is -6.71. The maximum absolute atomic E-state index is 14.1. The highest BCUT2D eigenvalue weighted by Gasteiger charge is 2.31. The van der Waals surface area contributed by atoms with Gasteiger partial charge in [0.15, 0.2) is 0 Å². The van der Waals surface area contributed by atoms with Crippen LogP contribution in [0.5, 0.6) is 0 Å². The van der Waals surface area contributed by atoms with E-state index in [1.807, 2.05) is 70.2 Å². The summed E-state index contributed by atoms with van der Waals surface area (Å²) >= 11 is 0. The predicted octanol–water partition coefficient (Wildman–Crippen LogP) is 6.59. The first-order chi connectivity index (χ1) is 29.7. The molecule has 326 valence electrons. The molecule has 0 unspecified atom stereocenters. The highest BCUT2D eigenvalue weighted by atomic mass is 16.6. The Morgan fingerprint density at radius 1 is 0.935 bits per heavy atom. The van der Waals surface area contributed by atoms with Crippen molar-refractivity contribution in [3.63, 3.8) is 0 Å². The average molecular weight is 846 g/mol. The van der Waals surface area contributed by atoms with Gasteiger partial charge in [0.25, 0.3) is 5.91 Å². The zero-order valence-corrected chi connectivity index (χ0v) is 35.6. The lowest BCUT2D eigenvalue weighted by molar-refractivity contribution is -0.130. The van der Waals surface area contributed by atoms with Crippen molar-refractivity contribution in [1.29, 1.82) is 0 Å². The summed E-state index contributed by atoms with van der Waals surface area (Å²) in [5.41, 5.74) is 5.55. The molecule has 0 bridgehead atoms. The minimum atomic E-state index is -0.940. The molecule has 3 heterocycles. The van der Waals surface area contributed by atoms with Gasteiger partial charge in [-0.1, -0.05) is 30.3 Å². The lowest BCUT2D eigenvalue weighted by atomic mass is 9.81. The number of aromatic amines is 1. The molecule has 1 saturated heterocycles. The number of carboxylic acid groups (broad SMARTS) is 1. The average Bonchev–Trinajstić information content (AvgIpc) is 3.94. The number of imidazole rings is 1. The normalized spacial score (nSPS) is 17.5. The number of nitrogens with one attached hydrogen (secondary N) is 5. The third-order valence-electron chi connectivity index (χ3n) is 11.5. The summed E-state index contributed by atoms with van der Waals surface area (Å²) in [6.07, 6.45) is 6.22. The molecule has 16 heteroatoms. The van der Waals surface area contributed by atoms with E-state index in [4.69, 9.17) is 4.74 Å². The summed E-state index contributed by atoms with van der Waals surface area (Å²) in [4.78, 5) is 73.7. The maximum atomic E-state index is 14.1. The molecule has 0 radical (unpaired) electrons. The standard InChI is InChI=1S/C46H55N9O7/c1-28-24-33(41(57)49-34-18-22-54(23-19-34)45(60)61)14-16-36(28)31-10-6-29(7-11-31)25-39(51-40(56)32-12-8-30(9-13-32)27-47-44(59)62-46(2,3)4)42(58)50-35-15-17-37-38(26-35)53-43(52-37)55-21-5-20-48-55/h5-7,10-11,14-17,20-21,24,26,30,32,34,39H,8-9,12-13,18-19,22-23,25,27H2,1-4H3,(H,47,59)(H,49,57)(H,50,58)(H,51,56)(H,52,53)(H,60,61)/t30-,32-,39-/m0/s1. The molecule has 5 aromatic rings. The number of benzene rings is 3. The van der Waals surface area contributed by atoms with Crippen molar-refractivity contribution in [2.24, 2.45) is 11.8 Å². The van der Waals surface area contributed by atoms with Crippen LogP contribution in [0.15, 0.2) is 79.1 Å². The van der Waals surface area contributed by atoms with Crippen LogP contribution in [0.4, 0.5) is 15.3 Å². The van der Waals surface area contributed by atoms with Crippen molar-refractivity contribution in [1.82, 2.24) is 40.6 Å². The van der Waals surface area contributed by atoms with E-state index in [1.54, 1.807) is 41.3 Å². The van der Waals surface area contributed by atoms with Gasteiger partial charge in [0.1, 0.15) is 11.6 Å². The van der Waals surface area contributed by atoms with E-state index in [0.717, 1.165) is 40.6 Å². The van der Waals surface area contributed by atoms with Crippen LogP contribution in [0.3, 0.4) is 0 Å². The lowest BCUT2D eigenvalue weighted by Gasteiger charge is -2.30. The topological polar surface area (TPSA) is 213 Å². The quantitative estimate of drug-likeness (QED) is 0.0798. The molecule has 2 aromatic heterocycles. The molecule has 6 N–H and O–H groups in total. The van der Waals surface area contributed by atoms with Gasteiger partial charge in [-0.25, -0.2) is 19.3 Å². The number of H-pyrrole nitrogens is 1. The van der Waals surface area contributed by atoms with E-state index in [-0.39, 0.29) is 42.0 Å². The second kappa shape index (κ2) is 18.9. The molecule has 1 atom stereocenters. The number of carbonyl (C=O) groups is 5. The Kier molecular flexibility index (Phi) is 13.2. The van der Waals surface area contributed by atoms with E-state index in [2.05, 4.69) is 36.3 Å². The maximum Gasteiger partial charge on any atom is 0.407 e. The Labute approximate surface area is 360 Å². The van der Waals surface area contributed by atoms with Gasteiger partial charge in [0.2, 0.25) is 17.8 Å². The number of ether oxygens (including phenoxy) is 1. The molecule has 1 aliphatic carbocycles. The van der Waals surface area contributed by atoms with Gasteiger partial charge in [-0.05, 0) is 131 Å². The molecule has 62 heavy (non-hydrogen) atoms. The number of likely N-dealkylation sites (tertiary alicyclic amines) is 1. The number of aryl methyl sites for hydroxylation is 1. The smallest absolute Gasteiger partial charge is 0.407 e. The number of piperidine rings is 1. The molecule has 1 aliphatic heterocycles. The largest absolute Gasteiger partial charge is 0.465 e. The molecular weight excluding hydrogens is 791 g/mol. The number of fused-ring (bicyclic) bond motifs is 1. The van der Waals surface area contributed by atoms with Crippen LogP contribution in [-0.2, 0) is 20.7 Å². The predicted molar refractivity (Wildman–Crippen MR) is 234 cm³/mol. The Morgan fingerprint density at radius 3 is 2.34 bits per heavy atom. The van der Waals surface area contributed by atoms with Crippen molar-refractivity contribution in [3.05, 3.63) is 95.8 Å². The van der Waals surface area contributed by atoms with Crippen molar-refractivity contribution in [2.45, 2.75) is 90.3 Å². The molecule has 0 spiro atoms. The summed E-state index contributed by atoms with van der Waals surface area (Å²) in [5, 5.41) is 25.4. The van der Waals surface area contributed by atoms with Gasteiger partial charge >= 0.3 is 12.2 Å². The Bertz CT molecular complexity index is 2390. The highest BCUT2D eigenvalue weighted by Crippen LogP contribution is 2.30. The second-order valence-corrected chi connectivity index (χ2v) is 17.3. The third kappa shape index (κ3) is 11.2. The molecule has 16 nitrogen and oxygen atoms in total. The number of aromatic nitrogens is 4. The van der Waals surface area contributed by atoms with Crippen LogP contribution in [0, 0.1) is 18.8 Å². The van der Waals surface area contributed by atoms with Gasteiger partial charge in [-0.3, -0.25) is 14.4 Å². The number of anilines is 1. The first-order valence-corrected chi connectivity index (χ1v) is 21.2. The van der Waals surface area contributed by atoms with Crippen LogP contribution in [-0.4, -0.2) is 97.0 Å². The number of hydrogen-bond acceptors (Lipinski definition) is 8. The molecule has 2 fully saturated rings. The number of amides is 5. The molecule has 3 aromatic carbocycles. The second-order valence-electron chi connectivity index (χ2n) is 17.3. The lowest BCUT2D eigenvalue weighted by Crippen LogP contribution is -2.48. The number of nitrogens with zero attached hydrogens (tertiary/aromatic N) is 4. The number of hydrogen-bond donors (Lipinski definition) is 6. The van der Waals surface area contributed by atoms with Gasteiger partial charge in [0.05, 0.1) is 11.0 Å². The van der Waals surface area contributed by atoms with Gasteiger partial charge < -0.3 is 41.0 Å². The zero-order chi connectivity index (χ0) is 44.0. The van der Waals surface area contributed by atoms with E-state index in [0.29, 0.717) is 68.0 Å². The molecule has 5 amide bonds. The van der Waals surface area contributed by atoms with Crippen LogP contribution >= 0.6 is 0 Å². The summed E-state index contributed by atoms with van der Waals surface area (Å²) in [5.74, 6) is -0.246. The Morgan fingerprint density at radius 2 is 1.68 bits per heavy atom. The van der Waals surface area contributed by atoms with Gasteiger partial charge in [-0.15, -0.1) is 0 Å². The first kappa shape index (κ1) is 43.4. The molecular formula is C46H55N9O7. The van der Waals surface area contributed by atoms with Crippen molar-refractivity contribution in [2.75, 3.05) is 25.0 Å². The van der Waals surface area contributed by atoms with E-state index >= 15 is 0 Å². The third-order valence-corrected chi connectivity index (χ3v) is 11.5. The number of carbonyl (C=O) groups excluding carboxylic acids is 4. The van der Waals surface area contributed by atoms with E-state index in [1.165, 1.54) is 4.90 Å². The summed E-state index contributed by atoms with van der Waals surface area (Å²) in [7, 11) is 0. The van der Waals surface area contributed by atoms with Crippen LogP contribution in [0.1, 0.15) is 80.8 Å². The van der Waals surface area contributed by atoms with Crippen LogP contribution in [0.25, 0.3) is 28.1 Å². The zero-order valence-electron chi connectivity index (χ0n) is 35.6. The highest BCUT2D eigenvalue weighted by molar-refractivity contribution is 5.99. The fraction of sp³-hybridized carbons (Fsp3) is 0.413. The number of rotatable bonds is 12. The number of alkyl carbamates (subject to hydrolysis) is 1. The minimum Gasteiger partial charge on any atom is -0.465 e. The van der Waals surface area contributed by atoms with Crippen LogP contribution < -0.4 is 21.3 Å². The minimum absolute atomic E-state index is 0.0858. The van der Waals surface area contributed by atoms with Crippen molar-refractivity contribution < 1.29 is 33.8 Å². The van der Waals surface area contributed by atoms with Crippen molar-refractivity contribution in [3.8, 4) is 17.1 Å².